The summed E-state index contributed by atoms with van der Waals surface area (Å²) in [6.07, 6.45) is 0. The van der Waals surface area contributed by atoms with E-state index < -0.39 is 0 Å². The Bertz CT molecular complexity index is 1490. The lowest BCUT2D eigenvalue weighted by molar-refractivity contribution is 1.60. The number of hydrogen-bond donors (Lipinski definition) is 0. The van der Waals surface area contributed by atoms with Crippen molar-refractivity contribution in [1.82, 2.24) is 0 Å². The number of rotatable bonds is 2. The van der Waals surface area contributed by atoms with Crippen LogP contribution in [0.4, 0.5) is 0 Å². The maximum absolute atomic E-state index is 3.58. The molecule has 0 aliphatic heterocycles. The Balaban J connectivity index is 1.86. The highest BCUT2D eigenvalue weighted by Crippen LogP contribution is 2.44. The monoisotopic (exact) mass is 536 g/mol. The van der Waals surface area contributed by atoms with Crippen LogP contribution >= 0.6 is 31.9 Å². The van der Waals surface area contributed by atoms with Gasteiger partial charge in [-0.15, -0.1) is 0 Å². The molecule has 0 nitrogen and oxygen atoms in total. The van der Waals surface area contributed by atoms with E-state index in [-0.39, 0.29) is 0 Å². The van der Waals surface area contributed by atoms with E-state index in [4.69, 9.17) is 0 Å². The molecule has 0 aliphatic rings. The molecular formula is C30H18Br2. The second kappa shape index (κ2) is 7.88. The molecule has 6 aromatic carbocycles. The lowest BCUT2D eigenvalue weighted by Crippen LogP contribution is -1.90. The quantitative estimate of drug-likeness (QED) is 0.193. The third-order valence-electron chi connectivity index (χ3n) is 6.20. The predicted molar refractivity (Wildman–Crippen MR) is 145 cm³/mol. The van der Waals surface area contributed by atoms with Gasteiger partial charge in [-0.3, -0.25) is 0 Å². The van der Waals surface area contributed by atoms with Gasteiger partial charge in [0.25, 0.3) is 0 Å². The van der Waals surface area contributed by atoms with E-state index in [0.717, 1.165) is 8.95 Å². The summed E-state index contributed by atoms with van der Waals surface area (Å²) >= 11 is 7.17. The average Bonchev–Trinajstić information content (AvgIpc) is 2.84. The van der Waals surface area contributed by atoms with Gasteiger partial charge in [0.1, 0.15) is 0 Å². The smallest absolute Gasteiger partial charge is 0.0175 e. The molecule has 32 heavy (non-hydrogen) atoms. The van der Waals surface area contributed by atoms with Crippen LogP contribution < -0.4 is 0 Å². The Labute approximate surface area is 203 Å². The summed E-state index contributed by atoms with van der Waals surface area (Å²) in [7, 11) is 0. The van der Waals surface area contributed by atoms with Crippen molar-refractivity contribution in [2.45, 2.75) is 0 Å². The van der Waals surface area contributed by atoms with Crippen LogP contribution in [0.1, 0.15) is 0 Å². The second-order valence-corrected chi connectivity index (χ2v) is 9.85. The second-order valence-electron chi connectivity index (χ2n) is 8.02. The normalized spacial score (nSPS) is 11.4. The van der Waals surface area contributed by atoms with Gasteiger partial charge in [-0.05, 0) is 78.8 Å². The fourth-order valence-electron chi connectivity index (χ4n) is 4.77. The zero-order chi connectivity index (χ0) is 21.7. The molecule has 6 rings (SSSR count). The molecule has 2 heteroatoms. The van der Waals surface area contributed by atoms with Crippen molar-refractivity contribution in [2.75, 3.05) is 0 Å². The van der Waals surface area contributed by atoms with Gasteiger partial charge in [0.2, 0.25) is 0 Å². The molecular weight excluding hydrogens is 520 g/mol. The third kappa shape index (κ3) is 3.18. The minimum Gasteiger partial charge on any atom is -0.0616 e. The van der Waals surface area contributed by atoms with Crippen LogP contribution in [0.2, 0.25) is 0 Å². The Hall–Kier alpha value is -2.94. The van der Waals surface area contributed by atoms with E-state index in [1.807, 2.05) is 0 Å². The van der Waals surface area contributed by atoms with Crippen molar-refractivity contribution in [3.8, 4) is 22.3 Å². The first-order valence-corrected chi connectivity index (χ1v) is 12.2. The molecule has 152 valence electrons. The van der Waals surface area contributed by atoms with Crippen molar-refractivity contribution >= 4 is 64.2 Å². The highest BCUT2D eigenvalue weighted by atomic mass is 79.9. The largest absolute Gasteiger partial charge is 0.0616 e. The Morgan fingerprint density at radius 2 is 0.688 bits per heavy atom. The molecule has 0 saturated heterocycles. The standard InChI is InChI=1S/C30H18Br2/c31-21-13-9-19(10-14-21)23-17-18-24(20-11-15-22(32)16-12-20)30-28-8-4-2-6-26(28)25-5-1-3-7-27(25)29(23)30/h1-18H. The van der Waals surface area contributed by atoms with E-state index in [0.29, 0.717) is 0 Å². The first-order valence-electron chi connectivity index (χ1n) is 10.6. The van der Waals surface area contributed by atoms with Crippen LogP contribution in [0, 0.1) is 0 Å². The van der Waals surface area contributed by atoms with Gasteiger partial charge in [-0.1, -0.05) is 117 Å². The Kier molecular flexibility index (Phi) is 4.86. The van der Waals surface area contributed by atoms with Crippen LogP contribution in [-0.2, 0) is 0 Å². The summed E-state index contributed by atoms with van der Waals surface area (Å²) in [5, 5.41) is 7.78. The molecule has 0 amide bonds. The van der Waals surface area contributed by atoms with Gasteiger partial charge in [0, 0.05) is 8.95 Å². The van der Waals surface area contributed by atoms with Crippen molar-refractivity contribution in [1.29, 1.82) is 0 Å². The lowest BCUT2D eigenvalue weighted by Gasteiger charge is -2.18. The molecule has 0 spiro atoms. The summed E-state index contributed by atoms with van der Waals surface area (Å²) < 4.78 is 2.18. The number of halogens is 2. The van der Waals surface area contributed by atoms with Crippen molar-refractivity contribution in [3.05, 3.63) is 118 Å². The predicted octanol–water partition coefficient (Wildman–Crippen LogP) is 10.0. The maximum Gasteiger partial charge on any atom is 0.0175 e. The minimum absolute atomic E-state index is 1.09. The topological polar surface area (TPSA) is 0 Å². The molecule has 0 radical (unpaired) electrons. The first kappa shape index (κ1) is 19.7. The molecule has 0 N–H and O–H groups in total. The van der Waals surface area contributed by atoms with E-state index in [2.05, 4.69) is 141 Å². The molecule has 0 heterocycles. The highest BCUT2D eigenvalue weighted by molar-refractivity contribution is 9.10. The van der Waals surface area contributed by atoms with Gasteiger partial charge in [0.15, 0.2) is 0 Å². The van der Waals surface area contributed by atoms with E-state index >= 15 is 0 Å². The number of benzene rings is 6. The SMILES string of the molecule is Brc1ccc(-c2ccc(-c3ccc(Br)cc3)c3c4ccccc4c4ccccc4c23)cc1. The van der Waals surface area contributed by atoms with Gasteiger partial charge in [-0.2, -0.15) is 0 Å². The molecule has 0 unspecified atom stereocenters. The molecule has 0 bridgehead atoms. The van der Waals surface area contributed by atoms with Crippen molar-refractivity contribution in [3.63, 3.8) is 0 Å². The molecule has 0 aliphatic carbocycles. The maximum atomic E-state index is 3.58. The van der Waals surface area contributed by atoms with Crippen LogP contribution in [0.5, 0.6) is 0 Å². The zero-order valence-corrected chi connectivity index (χ0v) is 20.3. The highest BCUT2D eigenvalue weighted by Gasteiger charge is 2.16. The first-order chi connectivity index (χ1) is 15.7. The van der Waals surface area contributed by atoms with Crippen LogP contribution in [-0.4, -0.2) is 0 Å². The zero-order valence-electron chi connectivity index (χ0n) is 17.1. The average molecular weight is 538 g/mol. The number of hydrogen-bond acceptors (Lipinski definition) is 0. The van der Waals surface area contributed by atoms with Gasteiger partial charge >= 0.3 is 0 Å². The third-order valence-corrected chi connectivity index (χ3v) is 7.26. The van der Waals surface area contributed by atoms with E-state index in [9.17, 15) is 0 Å². The Morgan fingerprint density at radius 1 is 0.344 bits per heavy atom. The van der Waals surface area contributed by atoms with Crippen molar-refractivity contribution < 1.29 is 0 Å². The fourth-order valence-corrected chi connectivity index (χ4v) is 5.30. The lowest BCUT2D eigenvalue weighted by atomic mass is 9.85. The van der Waals surface area contributed by atoms with E-state index in [1.165, 1.54) is 54.6 Å². The van der Waals surface area contributed by atoms with Gasteiger partial charge < -0.3 is 0 Å². The molecule has 0 saturated carbocycles. The summed E-state index contributed by atoms with van der Waals surface area (Å²) in [6, 6.07) is 39.4. The van der Waals surface area contributed by atoms with Crippen LogP contribution in [0.25, 0.3) is 54.6 Å². The molecule has 0 aromatic heterocycles. The van der Waals surface area contributed by atoms with Gasteiger partial charge in [-0.25, -0.2) is 0 Å². The van der Waals surface area contributed by atoms with Gasteiger partial charge in [0.05, 0.1) is 0 Å². The summed E-state index contributed by atoms with van der Waals surface area (Å²) in [4.78, 5) is 0. The van der Waals surface area contributed by atoms with Crippen molar-refractivity contribution in [2.24, 2.45) is 0 Å². The minimum atomic E-state index is 1.09. The Morgan fingerprint density at radius 3 is 1.06 bits per heavy atom. The summed E-state index contributed by atoms with van der Waals surface area (Å²) in [6.45, 7) is 0. The van der Waals surface area contributed by atoms with Crippen LogP contribution in [0.15, 0.2) is 118 Å². The fraction of sp³-hybridized carbons (Fsp3) is 0. The molecule has 0 fully saturated rings. The molecule has 0 atom stereocenters. The summed E-state index contributed by atoms with van der Waals surface area (Å²) in [5.74, 6) is 0. The molecule has 6 aromatic rings. The summed E-state index contributed by atoms with van der Waals surface area (Å²) in [5.41, 5.74) is 4.97. The van der Waals surface area contributed by atoms with Crippen LogP contribution in [0.3, 0.4) is 0 Å². The number of fused-ring (bicyclic) bond motifs is 6. The van der Waals surface area contributed by atoms with E-state index in [1.54, 1.807) is 0 Å².